The molecule has 2 nitrogen and oxygen atoms in total. The molecule has 0 amide bonds. The highest BCUT2D eigenvalue weighted by Gasteiger charge is 2.36. The van der Waals surface area contributed by atoms with Crippen molar-refractivity contribution in [3.63, 3.8) is 0 Å². The van der Waals surface area contributed by atoms with Gasteiger partial charge in [0, 0.05) is 18.1 Å². The molecule has 2 rings (SSSR count). The van der Waals surface area contributed by atoms with Crippen LogP contribution in [-0.2, 0) is 0 Å². The largest absolute Gasteiger partial charge is 0.487 e. The molecule has 100 valence electrons. The average Bonchev–Trinajstić information content (AvgIpc) is 2.28. The fraction of sp³-hybridized carbons (Fsp3) is 0.600. The van der Waals surface area contributed by atoms with Crippen molar-refractivity contribution in [3.8, 4) is 5.75 Å². The summed E-state index contributed by atoms with van der Waals surface area (Å²) in [6, 6.07) is 4.35. The van der Waals surface area contributed by atoms with Gasteiger partial charge in [0.05, 0.1) is 6.10 Å². The van der Waals surface area contributed by atoms with Crippen LogP contribution >= 0.6 is 0 Å². The van der Waals surface area contributed by atoms with E-state index in [1.54, 1.807) is 6.07 Å². The summed E-state index contributed by atoms with van der Waals surface area (Å²) >= 11 is 0. The highest BCUT2D eigenvalue weighted by molar-refractivity contribution is 5.38. The number of fused-ring (bicyclic) bond motifs is 1. The molecular weight excluding hydrogens is 231 g/mol. The van der Waals surface area contributed by atoms with Crippen molar-refractivity contribution in [3.05, 3.63) is 29.6 Å². The molecule has 0 fully saturated rings. The molecule has 0 saturated carbocycles. The third-order valence-corrected chi connectivity index (χ3v) is 3.63. The highest BCUT2D eigenvalue weighted by atomic mass is 19.1. The lowest BCUT2D eigenvalue weighted by molar-refractivity contribution is -0.00870. The second kappa shape index (κ2) is 5.27. The van der Waals surface area contributed by atoms with E-state index in [4.69, 9.17) is 4.74 Å². The van der Waals surface area contributed by atoms with E-state index in [1.807, 2.05) is 6.92 Å². The van der Waals surface area contributed by atoms with Gasteiger partial charge in [-0.25, -0.2) is 4.39 Å². The van der Waals surface area contributed by atoms with Crippen LogP contribution in [0.3, 0.4) is 0 Å². The minimum absolute atomic E-state index is 0.321. The van der Waals surface area contributed by atoms with Gasteiger partial charge in [-0.05, 0) is 31.9 Å². The molecule has 1 N–H and O–H groups in total. The summed E-state index contributed by atoms with van der Waals surface area (Å²) in [4.78, 5) is 0. The minimum Gasteiger partial charge on any atom is -0.487 e. The van der Waals surface area contributed by atoms with Crippen LogP contribution in [0.15, 0.2) is 18.2 Å². The van der Waals surface area contributed by atoms with E-state index in [-0.39, 0.29) is 11.4 Å². The first kappa shape index (κ1) is 13.3. The zero-order valence-electron chi connectivity index (χ0n) is 11.1. The van der Waals surface area contributed by atoms with Crippen molar-refractivity contribution in [2.75, 3.05) is 0 Å². The maximum Gasteiger partial charge on any atom is 0.128 e. The number of benzene rings is 1. The van der Waals surface area contributed by atoms with Gasteiger partial charge in [-0.3, -0.25) is 0 Å². The van der Waals surface area contributed by atoms with Gasteiger partial charge in [-0.1, -0.05) is 19.8 Å². The van der Waals surface area contributed by atoms with E-state index in [0.29, 0.717) is 17.7 Å². The quantitative estimate of drug-likeness (QED) is 0.821. The number of hydrogen-bond donors (Lipinski definition) is 1. The first-order valence-corrected chi connectivity index (χ1v) is 6.70. The molecule has 0 radical (unpaired) electrons. The number of unbranched alkanes of at least 4 members (excludes halogenated alkanes) is 2. The molecule has 1 heterocycles. The molecular formula is C15H21FO2. The second-order valence-electron chi connectivity index (χ2n) is 5.41. The van der Waals surface area contributed by atoms with Crippen LogP contribution in [0.1, 0.15) is 57.6 Å². The summed E-state index contributed by atoms with van der Waals surface area (Å²) in [5.41, 5.74) is 0.319. The number of ether oxygens (including phenoxy) is 1. The fourth-order valence-corrected chi connectivity index (χ4v) is 2.60. The van der Waals surface area contributed by atoms with Crippen LogP contribution in [0.25, 0.3) is 0 Å². The second-order valence-corrected chi connectivity index (χ2v) is 5.41. The zero-order chi connectivity index (χ0) is 13.2. The lowest BCUT2D eigenvalue weighted by atomic mass is 9.86. The van der Waals surface area contributed by atoms with Crippen LogP contribution in [-0.4, -0.2) is 10.7 Å². The summed E-state index contributed by atoms with van der Waals surface area (Å²) in [5, 5.41) is 10.1. The number of aliphatic hydroxyl groups excluding tert-OH is 1. The molecule has 0 aromatic heterocycles. The first-order chi connectivity index (χ1) is 8.54. The predicted molar refractivity (Wildman–Crippen MR) is 69.2 cm³/mol. The van der Waals surface area contributed by atoms with E-state index in [9.17, 15) is 9.50 Å². The van der Waals surface area contributed by atoms with Crippen LogP contribution in [0.4, 0.5) is 4.39 Å². The lowest BCUT2D eigenvalue weighted by Crippen LogP contribution is -2.38. The average molecular weight is 252 g/mol. The van der Waals surface area contributed by atoms with Crippen LogP contribution in [0.5, 0.6) is 5.75 Å². The molecule has 2 unspecified atom stereocenters. The van der Waals surface area contributed by atoms with Crippen molar-refractivity contribution in [1.82, 2.24) is 0 Å². The smallest absolute Gasteiger partial charge is 0.128 e. The van der Waals surface area contributed by atoms with E-state index in [2.05, 4.69) is 6.92 Å². The monoisotopic (exact) mass is 252 g/mol. The topological polar surface area (TPSA) is 29.5 Å². The third kappa shape index (κ3) is 2.83. The zero-order valence-corrected chi connectivity index (χ0v) is 11.1. The molecule has 1 aliphatic heterocycles. The van der Waals surface area contributed by atoms with E-state index in [1.165, 1.54) is 12.1 Å². The Bertz CT molecular complexity index is 419. The van der Waals surface area contributed by atoms with Gasteiger partial charge in [-0.15, -0.1) is 0 Å². The number of rotatable bonds is 4. The predicted octanol–water partition coefficient (Wildman–Crippen LogP) is 3.98. The molecule has 18 heavy (non-hydrogen) atoms. The van der Waals surface area contributed by atoms with Gasteiger partial charge >= 0.3 is 0 Å². The van der Waals surface area contributed by atoms with Crippen molar-refractivity contribution < 1.29 is 14.2 Å². The number of halogens is 1. The number of aliphatic hydroxyl groups is 1. The highest BCUT2D eigenvalue weighted by Crippen LogP contribution is 2.41. The maximum atomic E-state index is 13.2. The van der Waals surface area contributed by atoms with Gasteiger partial charge < -0.3 is 9.84 Å². The molecule has 3 heteroatoms. The van der Waals surface area contributed by atoms with E-state index < -0.39 is 6.10 Å². The maximum absolute atomic E-state index is 13.2. The third-order valence-electron chi connectivity index (χ3n) is 3.63. The molecule has 0 bridgehead atoms. The standard InChI is InChI=1S/C15H21FO2/c1-3-4-5-8-15(2)10-13(17)12-7-6-11(16)9-14(12)18-15/h6-7,9,13,17H,3-5,8,10H2,1-2H3. The van der Waals surface area contributed by atoms with Gasteiger partial charge in [0.1, 0.15) is 17.2 Å². The van der Waals surface area contributed by atoms with Crippen molar-refractivity contribution in [2.45, 2.75) is 57.7 Å². The fourth-order valence-electron chi connectivity index (χ4n) is 2.60. The van der Waals surface area contributed by atoms with Crippen LogP contribution < -0.4 is 4.74 Å². The Morgan fingerprint density at radius 3 is 2.94 bits per heavy atom. The molecule has 1 aliphatic rings. The summed E-state index contributed by atoms with van der Waals surface area (Å²) in [5.74, 6) is 0.173. The van der Waals surface area contributed by atoms with Crippen LogP contribution in [0, 0.1) is 5.82 Å². The Labute approximate surface area is 108 Å². The SMILES string of the molecule is CCCCCC1(C)CC(O)c2ccc(F)cc2O1. The van der Waals surface area contributed by atoms with E-state index >= 15 is 0 Å². The summed E-state index contributed by atoms with van der Waals surface area (Å²) in [7, 11) is 0. The molecule has 0 spiro atoms. The Kier molecular flexibility index (Phi) is 3.91. The molecule has 0 aliphatic carbocycles. The summed E-state index contributed by atoms with van der Waals surface area (Å²) < 4.78 is 19.1. The molecule has 1 aromatic rings. The molecule has 1 aromatic carbocycles. The van der Waals surface area contributed by atoms with Crippen molar-refractivity contribution >= 4 is 0 Å². The normalized spacial score (nSPS) is 26.6. The first-order valence-electron chi connectivity index (χ1n) is 6.70. The van der Waals surface area contributed by atoms with Crippen LogP contribution in [0.2, 0.25) is 0 Å². The Morgan fingerprint density at radius 2 is 2.22 bits per heavy atom. The summed E-state index contributed by atoms with van der Waals surface area (Å²) in [6.45, 7) is 4.16. The van der Waals surface area contributed by atoms with E-state index in [0.717, 1.165) is 25.7 Å². The van der Waals surface area contributed by atoms with Gasteiger partial charge in [0.15, 0.2) is 0 Å². The van der Waals surface area contributed by atoms with Crippen molar-refractivity contribution in [1.29, 1.82) is 0 Å². The Balaban J connectivity index is 2.15. The van der Waals surface area contributed by atoms with Crippen molar-refractivity contribution in [2.24, 2.45) is 0 Å². The Hall–Kier alpha value is -1.09. The Morgan fingerprint density at radius 1 is 1.44 bits per heavy atom. The summed E-state index contributed by atoms with van der Waals surface area (Å²) in [6.07, 6.45) is 4.31. The molecule has 0 saturated heterocycles. The molecule has 2 atom stereocenters. The van der Waals surface area contributed by atoms with Gasteiger partial charge in [0.2, 0.25) is 0 Å². The van der Waals surface area contributed by atoms with Gasteiger partial charge in [0.25, 0.3) is 0 Å². The van der Waals surface area contributed by atoms with Gasteiger partial charge in [-0.2, -0.15) is 0 Å². The minimum atomic E-state index is -0.555. The number of hydrogen-bond acceptors (Lipinski definition) is 2. The lowest BCUT2D eigenvalue weighted by Gasteiger charge is -2.38.